The van der Waals surface area contributed by atoms with E-state index in [2.05, 4.69) is 0 Å². The molecule has 0 fully saturated rings. The van der Waals surface area contributed by atoms with Gasteiger partial charge in [-0.25, -0.2) is 13.2 Å². The van der Waals surface area contributed by atoms with Gasteiger partial charge in [-0.15, -0.1) is 0 Å². The van der Waals surface area contributed by atoms with Crippen LogP contribution >= 0.6 is 0 Å². The Morgan fingerprint density at radius 1 is 1.16 bits per heavy atom. The van der Waals surface area contributed by atoms with Gasteiger partial charge in [-0.05, 0) is 43.5 Å². The Labute approximate surface area is 113 Å². The predicted octanol–water partition coefficient (Wildman–Crippen LogP) is 1.98. The van der Waals surface area contributed by atoms with Crippen molar-refractivity contribution in [3.8, 4) is 5.75 Å². The van der Waals surface area contributed by atoms with Gasteiger partial charge in [0.2, 0.25) is 0 Å². The van der Waals surface area contributed by atoms with Gasteiger partial charge in [0.15, 0.2) is 0 Å². The summed E-state index contributed by atoms with van der Waals surface area (Å²) in [5.74, 6) is -0.138. The number of sulfone groups is 1. The number of ether oxygens (including phenoxy) is 1. The first-order chi connectivity index (χ1) is 8.88. The summed E-state index contributed by atoms with van der Waals surface area (Å²) in [6.07, 6.45) is 3.43. The average Bonchev–Trinajstić information content (AvgIpc) is 2.33. The molecule has 106 valence electrons. The van der Waals surface area contributed by atoms with Gasteiger partial charge in [-0.1, -0.05) is 0 Å². The predicted molar refractivity (Wildman–Crippen MR) is 72.5 cm³/mol. The van der Waals surface area contributed by atoms with Crippen molar-refractivity contribution >= 4 is 15.8 Å². The molecule has 0 aromatic heterocycles. The van der Waals surface area contributed by atoms with Crippen molar-refractivity contribution in [2.75, 3.05) is 18.6 Å². The van der Waals surface area contributed by atoms with Crippen LogP contribution < -0.4 is 4.74 Å². The minimum absolute atomic E-state index is 0.209. The molecule has 1 rings (SSSR count). The van der Waals surface area contributed by atoms with Gasteiger partial charge >= 0.3 is 5.97 Å². The first kappa shape index (κ1) is 15.5. The molecule has 0 unspecified atom stereocenters. The summed E-state index contributed by atoms with van der Waals surface area (Å²) in [7, 11) is -2.87. The maximum absolute atomic E-state index is 10.9. The molecule has 0 atom stereocenters. The lowest BCUT2D eigenvalue weighted by Crippen LogP contribution is -2.04. The third-order valence-corrected chi connectivity index (χ3v) is 3.56. The number of hydrogen-bond acceptors (Lipinski definition) is 4. The van der Waals surface area contributed by atoms with Crippen LogP contribution in [0, 0.1) is 0 Å². The van der Waals surface area contributed by atoms with Gasteiger partial charge in [0.1, 0.15) is 15.6 Å². The molecule has 0 aliphatic rings. The molecule has 1 aromatic carbocycles. The fourth-order valence-corrected chi connectivity index (χ4v) is 2.26. The van der Waals surface area contributed by atoms with E-state index in [1.54, 1.807) is 12.1 Å². The summed E-state index contributed by atoms with van der Waals surface area (Å²) in [5, 5.41) is 8.72. The van der Waals surface area contributed by atoms with E-state index < -0.39 is 15.8 Å². The SMILES string of the molecule is CS(=O)(=O)CCCCCOc1ccc(C(=O)O)cc1. The lowest BCUT2D eigenvalue weighted by molar-refractivity contribution is 0.0697. The summed E-state index contributed by atoms with van der Waals surface area (Å²) < 4.78 is 27.2. The summed E-state index contributed by atoms with van der Waals surface area (Å²) >= 11 is 0. The zero-order valence-electron chi connectivity index (χ0n) is 10.8. The van der Waals surface area contributed by atoms with Crippen LogP contribution in [-0.2, 0) is 9.84 Å². The molecule has 0 amide bonds. The molecule has 1 aromatic rings. The molecule has 6 heteroatoms. The Hall–Kier alpha value is -1.56. The third-order valence-electron chi connectivity index (χ3n) is 2.53. The van der Waals surface area contributed by atoms with E-state index in [1.165, 1.54) is 18.4 Å². The van der Waals surface area contributed by atoms with E-state index >= 15 is 0 Å². The Morgan fingerprint density at radius 2 is 1.79 bits per heavy atom. The summed E-state index contributed by atoms with van der Waals surface area (Å²) in [6, 6.07) is 6.20. The number of carboxylic acid groups (broad SMARTS) is 1. The molecule has 0 spiro atoms. The maximum Gasteiger partial charge on any atom is 0.335 e. The Morgan fingerprint density at radius 3 is 2.32 bits per heavy atom. The first-order valence-corrected chi connectivity index (χ1v) is 8.08. The molecule has 19 heavy (non-hydrogen) atoms. The van der Waals surface area contributed by atoms with E-state index in [0.717, 1.165) is 12.8 Å². The molecule has 0 saturated carbocycles. The zero-order chi connectivity index (χ0) is 14.3. The monoisotopic (exact) mass is 286 g/mol. The molecule has 0 radical (unpaired) electrons. The third kappa shape index (κ3) is 6.81. The van der Waals surface area contributed by atoms with Crippen LogP contribution in [0.15, 0.2) is 24.3 Å². The standard InChI is InChI=1S/C13H18O5S/c1-19(16,17)10-4-2-3-9-18-12-7-5-11(6-8-12)13(14)15/h5-8H,2-4,9-10H2,1H3,(H,14,15). The van der Waals surface area contributed by atoms with E-state index in [-0.39, 0.29) is 11.3 Å². The smallest absolute Gasteiger partial charge is 0.335 e. The van der Waals surface area contributed by atoms with Crippen molar-refractivity contribution in [2.45, 2.75) is 19.3 Å². The number of rotatable bonds is 8. The second-order valence-electron chi connectivity index (χ2n) is 4.37. The minimum atomic E-state index is -2.87. The quantitative estimate of drug-likeness (QED) is 0.739. The van der Waals surface area contributed by atoms with Crippen molar-refractivity contribution in [1.82, 2.24) is 0 Å². The molecule has 0 aliphatic heterocycles. The van der Waals surface area contributed by atoms with Crippen LogP contribution in [0.3, 0.4) is 0 Å². The minimum Gasteiger partial charge on any atom is -0.494 e. The van der Waals surface area contributed by atoms with Crippen LogP contribution in [0.25, 0.3) is 0 Å². The van der Waals surface area contributed by atoms with Crippen LogP contribution in [0.5, 0.6) is 5.75 Å². The number of carbonyl (C=O) groups is 1. The van der Waals surface area contributed by atoms with Gasteiger partial charge in [-0.3, -0.25) is 0 Å². The van der Waals surface area contributed by atoms with Gasteiger partial charge < -0.3 is 9.84 Å². The molecular weight excluding hydrogens is 268 g/mol. The fraction of sp³-hybridized carbons (Fsp3) is 0.462. The number of unbranched alkanes of at least 4 members (excludes halogenated alkanes) is 2. The highest BCUT2D eigenvalue weighted by atomic mass is 32.2. The maximum atomic E-state index is 10.9. The number of aromatic carboxylic acids is 1. The number of benzene rings is 1. The highest BCUT2D eigenvalue weighted by Gasteiger charge is 2.03. The zero-order valence-corrected chi connectivity index (χ0v) is 11.6. The van der Waals surface area contributed by atoms with Gasteiger partial charge in [0.05, 0.1) is 12.2 Å². The molecule has 0 bridgehead atoms. The lowest BCUT2D eigenvalue weighted by Gasteiger charge is -2.06. The fourth-order valence-electron chi connectivity index (χ4n) is 1.53. The largest absolute Gasteiger partial charge is 0.494 e. The van der Waals surface area contributed by atoms with Crippen molar-refractivity contribution < 1.29 is 23.1 Å². The first-order valence-electron chi connectivity index (χ1n) is 6.02. The van der Waals surface area contributed by atoms with Crippen molar-refractivity contribution in [3.63, 3.8) is 0 Å². The second-order valence-corrected chi connectivity index (χ2v) is 6.63. The average molecular weight is 286 g/mol. The van der Waals surface area contributed by atoms with Crippen LogP contribution in [0.2, 0.25) is 0 Å². The van der Waals surface area contributed by atoms with Crippen LogP contribution in [0.1, 0.15) is 29.6 Å². The summed E-state index contributed by atoms with van der Waals surface area (Å²) in [6.45, 7) is 0.496. The number of carboxylic acids is 1. The van der Waals surface area contributed by atoms with Gasteiger partial charge in [0.25, 0.3) is 0 Å². The highest BCUT2D eigenvalue weighted by Crippen LogP contribution is 2.12. The molecule has 0 aliphatic carbocycles. The molecular formula is C13H18O5S. The second kappa shape index (κ2) is 7.13. The molecule has 5 nitrogen and oxygen atoms in total. The summed E-state index contributed by atoms with van der Waals surface area (Å²) in [4.78, 5) is 10.6. The summed E-state index contributed by atoms with van der Waals surface area (Å²) in [5.41, 5.74) is 0.223. The number of hydrogen-bond donors (Lipinski definition) is 1. The van der Waals surface area contributed by atoms with Gasteiger partial charge in [0, 0.05) is 12.0 Å². The van der Waals surface area contributed by atoms with Crippen molar-refractivity contribution in [2.24, 2.45) is 0 Å². The van der Waals surface area contributed by atoms with Crippen molar-refractivity contribution in [1.29, 1.82) is 0 Å². The Bertz CT molecular complexity index is 504. The topological polar surface area (TPSA) is 80.7 Å². The molecule has 0 saturated heterocycles. The van der Waals surface area contributed by atoms with Gasteiger partial charge in [-0.2, -0.15) is 0 Å². The van der Waals surface area contributed by atoms with Crippen LogP contribution in [-0.4, -0.2) is 38.1 Å². The lowest BCUT2D eigenvalue weighted by atomic mass is 10.2. The highest BCUT2D eigenvalue weighted by molar-refractivity contribution is 7.90. The van der Waals surface area contributed by atoms with E-state index in [9.17, 15) is 13.2 Å². The Kier molecular flexibility index (Phi) is 5.82. The van der Waals surface area contributed by atoms with E-state index in [0.29, 0.717) is 18.8 Å². The normalized spacial score (nSPS) is 11.2. The Balaban J connectivity index is 2.21. The van der Waals surface area contributed by atoms with Crippen LogP contribution in [0.4, 0.5) is 0 Å². The van der Waals surface area contributed by atoms with E-state index in [4.69, 9.17) is 9.84 Å². The molecule has 1 N–H and O–H groups in total. The molecule has 0 heterocycles. The van der Waals surface area contributed by atoms with Crippen molar-refractivity contribution in [3.05, 3.63) is 29.8 Å². The van der Waals surface area contributed by atoms with E-state index in [1.807, 2.05) is 0 Å².